The van der Waals surface area contributed by atoms with Crippen molar-refractivity contribution < 1.29 is 4.92 Å². The summed E-state index contributed by atoms with van der Waals surface area (Å²) in [5.74, 6) is 0. The maximum atomic E-state index is 10.8. The Balaban J connectivity index is 1.85. The van der Waals surface area contributed by atoms with Gasteiger partial charge in [0, 0.05) is 18.7 Å². The monoisotopic (exact) mass is 336 g/mol. The van der Waals surface area contributed by atoms with Gasteiger partial charge >= 0.3 is 0 Å². The van der Waals surface area contributed by atoms with Crippen LogP contribution in [-0.4, -0.2) is 30.1 Å². The van der Waals surface area contributed by atoms with Gasteiger partial charge in [-0.1, -0.05) is 13.3 Å². The van der Waals surface area contributed by atoms with Crippen LogP contribution >= 0.6 is 23.1 Å². The van der Waals surface area contributed by atoms with Crippen LogP contribution in [0.4, 0.5) is 5.69 Å². The van der Waals surface area contributed by atoms with E-state index < -0.39 is 4.92 Å². The van der Waals surface area contributed by atoms with Crippen molar-refractivity contribution in [2.45, 2.75) is 35.8 Å². The van der Waals surface area contributed by atoms with Gasteiger partial charge in [-0.05, 0) is 34.7 Å². The third-order valence-electron chi connectivity index (χ3n) is 2.96. The van der Waals surface area contributed by atoms with Crippen LogP contribution in [0.15, 0.2) is 27.7 Å². The molecule has 3 aromatic rings. The van der Waals surface area contributed by atoms with Crippen LogP contribution in [-0.2, 0) is 6.54 Å². The molecular weight excluding hydrogens is 324 g/mol. The normalized spacial score (nSPS) is 11.1. The molecule has 0 unspecified atom stereocenters. The molecule has 10 heteroatoms. The van der Waals surface area contributed by atoms with Crippen LogP contribution in [0.3, 0.4) is 0 Å². The van der Waals surface area contributed by atoms with Crippen LogP contribution in [0.25, 0.3) is 10.2 Å². The lowest BCUT2D eigenvalue weighted by Gasteiger charge is -2.00. The van der Waals surface area contributed by atoms with E-state index >= 15 is 0 Å². The van der Waals surface area contributed by atoms with Crippen molar-refractivity contribution in [2.24, 2.45) is 0 Å². The molecule has 2 aromatic heterocycles. The van der Waals surface area contributed by atoms with Gasteiger partial charge in [-0.2, -0.15) is 0 Å². The second kappa shape index (κ2) is 6.36. The maximum absolute atomic E-state index is 10.8. The number of tetrazole rings is 1. The summed E-state index contributed by atoms with van der Waals surface area (Å²) < 4.78 is 3.30. The van der Waals surface area contributed by atoms with Crippen molar-refractivity contribution in [1.29, 1.82) is 0 Å². The Morgan fingerprint density at radius 2 is 2.32 bits per heavy atom. The number of nitro benzene ring substituents is 1. The van der Waals surface area contributed by atoms with Crippen LogP contribution in [0.5, 0.6) is 0 Å². The minimum atomic E-state index is -0.405. The summed E-state index contributed by atoms with van der Waals surface area (Å²) in [6.45, 7) is 2.87. The van der Waals surface area contributed by atoms with E-state index in [-0.39, 0.29) is 5.69 Å². The summed E-state index contributed by atoms with van der Waals surface area (Å²) in [6, 6.07) is 4.66. The third kappa shape index (κ3) is 3.07. The lowest BCUT2D eigenvalue weighted by atomic mass is 10.3. The Labute approximate surface area is 133 Å². The first-order valence-corrected chi connectivity index (χ1v) is 8.29. The first-order chi connectivity index (χ1) is 10.7. The number of benzene rings is 1. The summed E-state index contributed by atoms with van der Waals surface area (Å²) in [4.78, 5) is 14.9. The van der Waals surface area contributed by atoms with Crippen molar-refractivity contribution in [1.82, 2.24) is 25.2 Å². The van der Waals surface area contributed by atoms with Crippen LogP contribution in [0, 0.1) is 10.1 Å². The number of aryl methyl sites for hydroxylation is 1. The molecule has 1 aromatic carbocycles. The summed E-state index contributed by atoms with van der Waals surface area (Å²) in [6.07, 6.45) is 2.07. The average Bonchev–Trinajstić information content (AvgIpc) is 3.10. The molecule has 22 heavy (non-hydrogen) atoms. The highest BCUT2D eigenvalue weighted by atomic mass is 32.2. The molecule has 0 saturated heterocycles. The maximum Gasteiger partial charge on any atom is 0.270 e. The molecule has 0 amide bonds. The number of non-ortho nitro benzene ring substituents is 1. The molecule has 0 atom stereocenters. The molecule has 0 spiro atoms. The highest BCUT2D eigenvalue weighted by molar-refractivity contribution is 8.01. The standard InChI is InChI=1S/C12H12N6O2S2/c1-2-3-6-17-11(14-15-16-17)22-12-13-9-5-4-8(18(19)20)7-10(9)21-12/h4-5,7H,2-3,6H2,1H3. The first-order valence-electron chi connectivity index (χ1n) is 6.66. The van der Waals surface area contributed by atoms with Crippen molar-refractivity contribution in [3.63, 3.8) is 0 Å². The second-order valence-electron chi connectivity index (χ2n) is 4.53. The van der Waals surface area contributed by atoms with Gasteiger partial charge in [-0.3, -0.25) is 10.1 Å². The van der Waals surface area contributed by atoms with E-state index in [2.05, 4.69) is 27.4 Å². The van der Waals surface area contributed by atoms with Gasteiger partial charge in [0.05, 0.1) is 15.1 Å². The number of thiazole rings is 1. The molecular formula is C12H12N6O2S2. The Hall–Kier alpha value is -2.07. The fourth-order valence-electron chi connectivity index (χ4n) is 1.85. The number of fused-ring (bicyclic) bond motifs is 1. The number of hydrogen-bond donors (Lipinski definition) is 0. The molecule has 0 bridgehead atoms. The van der Waals surface area contributed by atoms with Crippen molar-refractivity contribution in [2.75, 3.05) is 0 Å². The molecule has 2 heterocycles. The molecule has 8 nitrogen and oxygen atoms in total. The van der Waals surface area contributed by atoms with Crippen LogP contribution in [0.1, 0.15) is 19.8 Å². The molecule has 0 saturated carbocycles. The smallest absolute Gasteiger partial charge is 0.258 e. The molecule has 0 N–H and O–H groups in total. The van der Waals surface area contributed by atoms with Gasteiger partial charge < -0.3 is 0 Å². The number of aromatic nitrogens is 5. The van der Waals surface area contributed by atoms with E-state index in [1.807, 2.05) is 0 Å². The number of nitro groups is 1. The van der Waals surface area contributed by atoms with Crippen molar-refractivity contribution in [3.05, 3.63) is 28.3 Å². The van der Waals surface area contributed by atoms with Gasteiger partial charge in [0.1, 0.15) is 0 Å². The number of hydrogen-bond acceptors (Lipinski definition) is 8. The lowest BCUT2D eigenvalue weighted by Crippen LogP contribution is -2.01. The minimum Gasteiger partial charge on any atom is -0.258 e. The molecule has 3 rings (SSSR count). The molecule has 0 aliphatic carbocycles. The summed E-state index contributed by atoms with van der Waals surface area (Å²) in [7, 11) is 0. The largest absolute Gasteiger partial charge is 0.270 e. The summed E-state index contributed by atoms with van der Waals surface area (Å²) in [5, 5.41) is 23.1. The highest BCUT2D eigenvalue weighted by Gasteiger charge is 2.14. The van der Waals surface area contributed by atoms with Gasteiger partial charge in [0.2, 0.25) is 5.16 Å². The van der Waals surface area contributed by atoms with Crippen molar-refractivity contribution in [3.8, 4) is 0 Å². The fourth-order valence-corrected chi connectivity index (χ4v) is 3.85. The quantitative estimate of drug-likeness (QED) is 0.503. The summed E-state index contributed by atoms with van der Waals surface area (Å²) >= 11 is 2.77. The van der Waals surface area contributed by atoms with E-state index in [1.54, 1.807) is 10.7 Å². The average molecular weight is 336 g/mol. The Kier molecular flexibility index (Phi) is 4.29. The molecule has 0 fully saturated rings. The Morgan fingerprint density at radius 1 is 1.45 bits per heavy atom. The topological polar surface area (TPSA) is 99.6 Å². The zero-order chi connectivity index (χ0) is 15.5. The van der Waals surface area contributed by atoms with Gasteiger partial charge in [-0.25, -0.2) is 9.67 Å². The van der Waals surface area contributed by atoms with Gasteiger partial charge in [0.15, 0.2) is 4.34 Å². The van der Waals surface area contributed by atoms with Crippen molar-refractivity contribution >= 4 is 39.0 Å². The third-order valence-corrected chi connectivity index (χ3v) is 5.02. The SMILES string of the molecule is CCCCn1nnnc1Sc1nc2ccc([N+](=O)[O-])cc2s1. The fraction of sp³-hybridized carbons (Fsp3) is 0.333. The highest BCUT2D eigenvalue weighted by Crippen LogP contribution is 2.34. The molecule has 114 valence electrons. The Morgan fingerprint density at radius 3 is 3.09 bits per heavy atom. The van der Waals surface area contributed by atoms with E-state index in [4.69, 9.17) is 0 Å². The van der Waals surface area contributed by atoms with Crippen LogP contribution in [0.2, 0.25) is 0 Å². The number of unbranched alkanes of at least 4 members (excludes halogenated alkanes) is 1. The predicted octanol–water partition coefficient (Wildman–Crippen LogP) is 3.14. The zero-order valence-electron chi connectivity index (χ0n) is 11.7. The predicted molar refractivity (Wildman–Crippen MR) is 83.1 cm³/mol. The van der Waals surface area contributed by atoms with E-state index in [0.717, 1.165) is 33.9 Å². The van der Waals surface area contributed by atoms with Crippen LogP contribution < -0.4 is 0 Å². The molecule has 0 radical (unpaired) electrons. The molecule has 0 aliphatic rings. The van der Waals surface area contributed by atoms with E-state index in [1.165, 1.54) is 35.2 Å². The second-order valence-corrected chi connectivity index (χ2v) is 6.77. The number of nitrogens with zero attached hydrogens (tertiary/aromatic N) is 6. The summed E-state index contributed by atoms with van der Waals surface area (Å²) in [5.41, 5.74) is 0.811. The van der Waals surface area contributed by atoms with E-state index in [0.29, 0.717) is 5.16 Å². The molecule has 0 aliphatic heterocycles. The zero-order valence-corrected chi connectivity index (χ0v) is 13.3. The number of rotatable bonds is 6. The first kappa shape index (κ1) is 14.9. The van der Waals surface area contributed by atoms with Gasteiger partial charge in [-0.15, -0.1) is 16.4 Å². The minimum absolute atomic E-state index is 0.0699. The Bertz CT molecular complexity index is 815. The van der Waals surface area contributed by atoms with E-state index in [9.17, 15) is 10.1 Å². The van der Waals surface area contributed by atoms with Gasteiger partial charge in [0.25, 0.3) is 5.69 Å². The lowest BCUT2D eigenvalue weighted by molar-refractivity contribution is -0.384.